The van der Waals surface area contributed by atoms with Crippen LogP contribution in [0.3, 0.4) is 0 Å². The van der Waals surface area contributed by atoms with Crippen LogP contribution in [0.4, 0.5) is 4.39 Å². The zero-order valence-corrected chi connectivity index (χ0v) is 11.8. The second kappa shape index (κ2) is 8.00. The summed E-state index contributed by atoms with van der Waals surface area (Å²) in [6.45, 7) is 1.65. The molecule has 1 atom stereocenters. The average Bonchev–Trinajstić information content (AvgIpc) is 2.46. The highest BCUT2D eigenvalue weighted by Gasteiger charge is 2.13. The minimum absolute atomic E-state index is 0.0915. The third kappa shape index (κ3) is 5.29. The third-order valence-corrected chi connectivity index (χ3v) is 3.76. The molecule has 2 N–H and O–H groups in total. The van der Waals surface area contributed by atoms with Crippen LogP contribution < -0.4 is 10.6 Å². The van der Waals surface area contributed by atoms with E-state index in [1.54, 1.807) is 6.07 Å². The van der Waals surface area contributed by atoms with Gasteiger partial charge in [-0.25, -0.2) is 4.39 Å². The first-order chi connectivity index (χ1) is 9.74. The van der Waals surface area contributed by atoms with Gasteiger partial charge in [0.15, 0.2) is 0 Å². The molecule has 1 saturated heterocycles. The Morgan fingerprint density at radius 1 is 1.40 bits per heavy atom. The van der Waals surface area contributed by atoms with Crippen LogP contribution in [0.1, 0.15) is 37.7 Å². The van der Waals surface area contributed by atoms with Gasteiger partial charge < -0.3 is 10.6 Å². The van der Waals surface area contributed by atoms with Crippen molar-refractivity contribution >= 4 is 5.91 Å². The van der Waals surface area contributed by atoms with E-state index in [4.69, 9.17) is 0 Å². The summed E-state index contributed by atoms with van der Waals surface area (Å²) < 4.78 is 13.0. The summed E-state index contributed by atoms with van der Waals surface area (Å²) in [6.07, 6.45) is 5.84. The maximum absolute atomic E-state index is 13.0. The Balaban J connectivity index is 1.60. The predicted octanol–water partition coefficient (Wildman–Crippen LogP) is 2.41. The highest BCUT2D eigenvalue weighted by Crippen LogP contribution is 2.11. The number of carbonyl (C=O) groups is 1. The quantitative estimate of drug-likeness (QED) is 0.839. The number of hydrogen-bond donors (Lipinski definition) is 2. The SMILES string of the molecule is O=C(CCC1CCCCN1)NCCc1cccc(F)c1. The summed E-state index contributed by atoms with van der Waals surface area (Å²) >= 11 is 0. The number of amides is 1. The smallest absolute Gasteiger partial charge is 0.220 e. The fourth-order valence-electron chi connectivity index (χ4n) is 2.60. The lowest BCUT2D eigenvalue weighted by Gasteiger charge is -2.23. The Hall–Kier alpha value is -1.42. The number of nitrogens with one attached hydrogen (secondary N) is 2. The molecule has 1 heterocycles. The zero-order valence-electron chi connectivity index (χ0n) is 11.8. The molecule has 1 aromatic rings. The minimum Gasteiger partial charge on any atom is -0.356 e. The summed E-state index contributed by atoms with van der Waals surface area (Å²) in [4.78, 5) is 11.7. The van der Waals surface area contributed by atoms with Crippen LogP contribution in [0.2, 0.25) is 0 Å². The van der Waals surface area contributed by atoms with Crippen molar-refractivity contribution in [1.82, 2.24) is 10.6 Å². The molecule has 0 aliphatic carbocycles. The Morgan fingerprint density at radius 2 is 2.30 bits per heavy atom. The fourth-order valence-corrected chi connectivity index (χ4v) is 2.60. The van der Waals surface area contributed by atoms with Crippen molar-refractivity contribution in [2.24, 2.45) is 0 Å². The number of benzene rings is 1. The molecule has 0 spiro atoms. The summed E-state index contributed by atoms with van der Waals surface area (Å²) in [6, 6.07) is 7.01. The standard InChI is InChI=1S/C16H23FN2O/c17-14-5-3-4-13(12-14)9-11-19-16(20)8-7-15-6-1-2-10-18-15/h3-5,12,15,18H,1-2,6-11H2,(H,19,20). The number of piperidine rings is 1. The second-order valence-electron chi connectivity index (χ2n) is 5.42. The molecular weight excluding hydrogens is 255 g/mol. The van der Waals surface area contributed by atoms with E-state index in [9.17, 15) is 9.18 Å². The minimum atomic E-state index is -0.225. The molecule has 0 saturated carbocycles. The maximum atomic E-state index is 13.0. The van der Waals surface area contributed by atoms with Gasteiger partial charge in [-0.15, -0.1) is 0 Å². The summed E-state index contributed by atoms with van der Waals surface area (Å²) in [7, 11) is 0. The van der Waals surface area contributed by atoms with Crippen LogP contribution in [0.25, 0.3) is 0 Å². The van der Waals surface area contributed by atoms with Gasteiger partial charge in [0, 0.05) is 19.0 Å². The van der Waals surface area contributed by atoms with Crippen molar-refractivity contribution in [2.75, 3.05) is 13.1 Å². The molecule has 1 fully saturated rings. The molecule has 1 aliphatic rings. The van der Waals surface area contributed by atoms with Crippen molar-refractivity contribution in [1.29, 1.82) is 0 Å². The highest BCUT2D eigenvalue weighted by atomic mass is 19.1. The highest BCUT2D eigenvalue weighted by molar-refractivity contribution is 5.75. The third-order valence-electron chi connectivity index (χ3n) is 3.76. The van der Waals surface area contributed by atoms with Crippen LogP contribution >= 0.6 is 0 Å². The molecule has 110 valence electrons. The van der Waals surface area contributed by atoms with Crippen LogP contribution in [0.15, 0.2) is 24.3 Å². The van der Waals surface area contributed by atoms with Gasteiger partial charge in [0.2, 0.25) is 5.91 Å². The van der Waals surface area contributed by atoms with Crippen molar-refractivity contribution < 1.29 is 9.18 Å². The van der Waals surface area contributed by atoms with Crippen molar-refractivity contribution in [2.45, 2.75) is 44.6 Å². The summed E-state index contributed by atoms with van der Waals surface area (Å²) in [5, 5.41) is 6.34. The van der Waals surface area contributed by atoms with Crippen LogP contribution in [0, 0.1) is 5.82 Å². The van der Waals surface area contributed by atoms with Crippen LogP contribution in [-0.4, -0.2) is 25.0 Å². The van der Waals surface area contributed by atoms with Crippen molar-refractivity contribution in [3.63, 3.8) is 0 Å². The molecule has 1 amide bonds. The number of rotatable bonds is 6. The Bertz CT molecular complexity index is 430. The van der Waals surface area contributed by atoms with E-state index in [1.807, 2.05) is 6.07 Å². The van der Waals surface area contributed by atoms with Gasteiger partial charge >= 0.3 is 0 Å². The van der Waals surface area contributed by atoms with E-state index in [2.05, 4.69) is 10.6 Å². The molecule has 2 rings (SSSR count). The first-order valence-corrected chi connectivity index (χ1v) is 7.48. The molecule has 4 heteroatoms. The fraction of sp³-hybridized carbons (Fsp3) is 0.562. The molecule has 20 heavy (non-hydrogen) atoms. The Morgan fingerprint density at radius 3 is 3.05 bits per heavy atom. The van der Waals surface area contributed by atoms with Gasteiger partial charge in [-0.05, 0) is 49.9 Å². The number of carbonyl (C=O) groups excluding carboxylic acids is 1. The first kappa shape index (κ1) is 15.0. The van der Waals surface area contributed by atoms with E-state index in [0.717, 1.165) is 18.5 Å². The average molecular weight is 278 g/mol. The van der Waals surface area contributed by atoms with Gasteiger partial charge in [0.1, 0.15) is 5.82 Å². The molecule has 3 nitrogen and oxygen atoms in total. The summed E-state index contributed by atoms with van der Waals surface area (Å²) in [5.41, 5.74) is 0.916. The van der Waals surface area contributed by atoms with E-state index in [-0.39, 0.29) is 11.7 Å². The van der Waals surface area contributed by atoms with E-state index in [0.29, 0.717) is 25.4 Å². The lowest BCUT2D eigenvalue weighted by molar-refractivity contribution is -0.121. The molecular formula is C16H23FN2O. The van der Waals surface area contributed by atoms with Gasteiger partial charge in [0.25, 0.3) is 0 Å². The summed E-state index contributed by atoms with van der Waals surface area (Å²) in [5.74, 6) is -0.133. The number of halogens is 1. The lowest BCUT2D eigenvalue weighted by atomic mass is 10.0. The molecule has 1 unspecified atom stereocenters. The lowest BCUT2D eigenvalue weighted by Crippen LogP contribution is -2.35. The van der Waals surface area contributed by atoms with Gasteiger partial charge in [-0.2, -0.15) is 0 Å². The molecule has 1 aliphatic heterocycles. The second-order valence-corrected chi connectivity index (χ2v) is 5.42. The zero-order chi connectivity index (χ0) is 14.2. The van der Waals surface area contributed by atoms with Crippen molar-refractivity contribution in [3.05, 3.63) is 35.6 Å². The first-order valence-electron chi connectivity index (χ1n) is 7.48. The van der Waals surface area contributed by atoms with E-state index in [1.165, 1.54) is 31.4 Å². The van der Waals surface area contributed by atoms with Crippen molar-refractivity contribution in [3.8, 4) is 0 Å². The molecule has 0 aromatic heterocycles. The molecule has 1 aromatic carbocycles. The van der Waals surface area contributed by atoms with Gasteiger partial charge in [-0.3, -0.25) is 4.79 Å². The van der Waals surface area contributed by atoms with Crippen LogP contribution in [-0.2, 0) is 11.2 Å². The Kier molecular flexibility index (Phi) is 5.99. The maximum Gasteiger partial charge on any atom is 0.220 e. The largest absolute Gasteiger partial charge is 0.356 e. The number of hydrogen-bond acceptors (Lipinski definition) is 2. The monoisotopic (exact) mass is 278 g/mol. The van der Waals surface area contributed by atoms with E-state index >= 15 is 0 Å². The predicted molar refractivity (Wildman–Crippen MR) is 78.0 cm³/mol. The topological polar surface area (TPSA) is 41.1 Å². The molecule has 0 radical (unpaired) electrons. The van der Waals surface area contributed by atoms with Gasteiger partial charge in [0.05, 0.1) is 0 Å². The Labute approximate surface area is 120 Å². The van der Waals surface area contributed by atoms with Crippen LogP contribution in [0.5, 0.6) is 0 Å². The molecule has 0 bridgehead atoms. The van der Waals surface area contributed by atoms with Gasteiger partial charge in [-0.1, -0.05) is 18.6 Å². The normalized spacial score (nSPS) is 18.8. The van der Waals surface area contributed by atoms with E-state index < -0.39 is 0 Å².